The number of hydrogen-bond acceptors (Lipinski definition) is 7. The molecule has 0 bridgehead atoms. The van der Waals surface area contributed by atoms with Crippen molar-refractivity contribution in [3.63, 3.8) is 0 Å². The first-order valence-corrected chi connectivity index (χ1v) is 9.97. The quantitative estimate of drug-likeness (QED) is 0.501. The van der Waals surface area contributed by atoms with Gasteiger partial charge >= 0.3 is 6.03 Å². The molecule has 2 aliphatic heterocycles. The monoisotopic (exact) mass is 424 g/mol. The second-order valence-corrected chi connectivity index (χ2v) is 7.95. The third-order valence-electron chi connectivity index (χ3n) is 5.72. The molecule has 2 fully saturated rings. The number of amides is 4. The number of pyridine rings is 1. The molecule has 10 nitrogen and oxygen atoms in total. The number of rotatable bonds is 2. The highest BCUT2D eigenvalue weighted by atomic mass is 16.2. The van der Waals surface area contributed by atoms with Crippen molar-refractivity contribution in [1.82, 2.24) is 24.1 Å². The summed E-state index contributed by atoms with van der Waals surface area (Å²) in [6, 6.07) is 2.93. The van der Waals surface area contributed by atoms with Crippen molar-refractivity contribution in [3.05, 3.63) is 45.4 Å². The van der Waals surface area contributed by atoms with Crippen molar-refractivity contribution >= 4 is 35.4 Å². The van der Waals surface area contributed by atoms with Gasteiger partial charge in [0.2, 0.25) is 0 Å². The number of likely N-dealkylation sites (N-methyl/N-ethyl adjacent to an activating group) is 3. The fraction of sp³-hybridized carbons (Fsp3) is 0.381. The summed E-state index contributed by atoms with van der Waals surface area (Å²) >= 11 is 0. The number of barbiturate groups is 1. The molecule has 10 heteroatoms. The minimum Gasteiger partial charge on any atom is -0.353 e. The van der Waals surface area contributed by atoms with Crippen LogP contribution in [0.3, 0.4) is 0 Å². The van der Waals surface area contributed by atoms with Gasteiger partial charge in [0, 0.05) is 46.5 Å². The van der Waals surface area contributed by atoms with Gasteiger partial charge < -0.3 is 9.80 Å². The summed E-state index contributed by atoms with van der Waals surface area (Å²) in [5.74, 6) is -1.06. The summed E-state index contributed by atoms with van der Waals surface area (Å²) in [5.41, 5.74) is 0.888. The summed E-state index contributed by atoms with van der Waals surface area (Å²) in [7, 11) is 4.63. The zero-order chi connectivity index (χ0) is 22.4. The van der Waals surface area contributed by atoms with Crippen molar-refractivity contribution < 1.29 is 14.4 Å². The Morgan fingerprint density at radius 2 is 1.52 bits per heavy atom. The van der Waals surface area contributed by atoms with Crippen molar-refractivity contribution in [2.24, 2.45) is 0 Å². The van der Waals surface area contributed by atoms with E-state index in [9.17, 15) is 19.2 Å². The predicted molar refractivity (Wildman–Crippen MR) is 115 cm³/mol. The predicted octanol–water partition coefficient (Wildman–Crippen LogP) is 0.189. The summed E-state index contributed by atoms with van der Waals surface area (Å²) in [6.07, 6.45) is 2.95. The van der Waals surface area contributed by atoms with Gasteiger partial charge in [-0.1, -0.05) is 6.07 Å². The van der Waals surface area contributed by atoms with E-state index in [4.69, 9.17) is 4.98 Å². The van der Waals surface area contributed by atoms with Crippen LogP contribution in [0.25, 0.3) is 11.7 Å². The van der Waals surface area contributed by atoms with Gasteiger partial charge in [-0.25, -0.2) is 9.78 Å². The number of carbonyl (C=O) groups is 3. The van der Waals surface area contributed by atoms with E-state index in [1.165, 1.54) is 24.6 Å². The maximum atomic E-state index is 13.4. The van der Waals surface area contributed by atoms with Gasteiger partial charge in [-0.15, -0.1) is 0 Å². The maximum absolute atomic E-state index is 13.4. The average molecular weight is 424 g/mol. The number of carbonyl (C=O) groups excluding carboxylic acids is 3. The molecule has 2 aromatic heterocycles. The second-order valence-electron chi connectivity index (χ2n) is 7.95. The lowest BCUT2D eigenvalue weighted by atomic mass is 10.1. The first kappa shape index (κ1) is 20.7. The van der Waals surface area contributed by atoms with Crippen molar-refractivity contribution in [2.75, 3.05) is 52.2 Å². The Hall–Kier alpha value is -3.53. The zero-order valence-electron chi connectivity index (χ0n) is 18.0. The summed E-state index contributed by atoms with van der Waals surface area (Å²) in [5, 5.41) is 0. The summed E-state index contributed by atoms with van der Waals surface area (Å²) < 4.78 is 1.41. The molecule has 0 saturated carbocycles. The lowest BCUT2D eigenvalue weighted by molar-refractivity contribution is -0.134. The number of piperazine rings is 1. The summed E-state index contributed by atoms with van der Waals surface area (Å²) in [6.45, 7) is 4.76. The Kier molecular flexibility index (Phi) is 5.10. The lowest BCUT2D eigenvalue weighted by Gasteiger charge is -2.34. The van der Waals surface area contributed by atoms with E-state index in [-0.39, 0.29) is 16.7 Å². The fourth-order valence-electron chi connectivity index (χ4n) is 3.75. The van der Waals surface area contributed by atoms with E-state index < -0.39 is 17.8 Å². The normalized spacial score (nSPS) is 18.4. The average Bonchev–Trinajstić information content (AvgIpc) is 2.76. The van der Waals surface area contributed by atoms with Crippen LogP contribution in [0.2, 0.25) is 0 Å². The van der Waals surface area contributed by atoms with Crippen LogP contribution in [0.5, 0.6) is 0 Å². The molecule has 31 heavy (non-hydrogen) atoms. The van der Waals surface area contributed by atoms with Gasteiger partial charge in [-0.05, 0) is 31.7 Å². The van der Waals surface area contributed by atoms with Gasteiger partial charge in [0.25, 0.3) is 17.4 Å². The van der Waals surface area contributed by atoms with Gasteiger partial charge in [0.15, 0.2) is 0 Å². The van der Waals surface area contributed by atoms with Crippen LogP contribution in [0, 0.1) is 6.92 Å². The van der Waals surface area contributed by atoms with Gasteiger partial charge in [-0.2, -0.15) is 0 Å². The smallest absolute Gasteiger partial charge is 0.333 e. The van der Waals surface area contributed by atoms with Crippen molar-refractivity contribution in [3.8, 4) is 0 Å². The minimum atomic E-state index is -0.744. The van der Waals surface area contributed by atoms with Crippen LogP contribution in [0.1, 0.15) is 11.1 Å². The molecule has 2 saturated heterocycles. The lowest BCUT2D eigenvalue weighted by Crippen LogP contribution is -2.53. The molecule has 162 valence electrons. The molecular weight excluding hydrogens is 400 g/mol. The van der Waals surface area contributed by atoms with E-state index in [2.05, 4.69) is 4.90 Å². The molecule has 0 spiro atoms. The first-order valence-electron chi connectivity index (χ1n) is 9.97. The molecule has 2 aromatic rings. The van der Waals surface area contributed by atoms with Crippen LogP contribution < -0.4 is 10.5 Å². The molecule has 4 rings (SSSR count). The SMILES string of the molecule is Cc1ccc2nc(N3CCN(C)CC3)c(C=C3C(=O)N(C)C(=O)N(C)C3=O)c(=O)n2c1. The number of aryl methyl sites for hydroxylation is 1. The molecule has 4 heterocycles. The number of aromatic nitrogens is 2. The van der Waals surface area contributed by atoms with Crippen LogP contribution in [-0.2, 0) is 9.59 Å². The highest BCUT2D eigenvalue weighted by Gasteiger charge is 2.38. The number of urea groups is 1. The third-order valence-corrected chi connectivity index (χ3v) is 5.72. The van der Waals surface area contributed by atoms with E-state index in [1.807, 2.05) is 24.9 Å². The van der Waals surface area contributed by atoms with Crippen LogP contribution >= 0.6 is 0 Å². The Morgan fingerprint density at radius 3 is 2.13 bits per heavy atom. The highest BCUT2D eigenvalue weighted by molar-refractivity contribution is 6.30. The number of fused-ring (bicyclic) bond motifs is 1. The van der Waals surface area contributed by atoms with Crippen LogP contribution in [-0.4, -0.2) is 89.3 Å². The highest BCUT2D eigenvalue weighted by Crippen LogP contribution is 2.23. The van der Waals surface area contributed by atoms with Gasteiger partial charge in [0.05, 0.1) is 5.56 Å². The molecular formula is C21H24N6O4. The number of nitrogens with zero attached hydrogens (tertiary/aromatic N) is 6. The molecule has 0 atom stereocenters. The molecule has 0 aliphatic carbocycles. The second kappa shape index (κ2) is 7.62. The van der Waals surface area contributed by atoms with Crippen molar-refractivity contribution in [2.45, 2.75) is 6.92 Å². The Labute approximate surface area is 179 Å². The van der Waals surface area contributed by atoms with E-state index in [0.29, 0.717) is 24.6 Å². The Balaban J connectivity index is 1.94. The van der Waals surface area contributed by atoms with Crippen LogP contribution in [0.15, 0.2) is 28.7 Å². The maximum Gasteiger partial charge on any atom is 0.333 e. The zero-order valence-corrected chi connectivity index (χ0v) is 18.0. The van der Waals surface area contributed by atoms with Gasteiger partial charge in [0.1, 0.15) is 17.0 Å². The molecule has 0 N–H and O–H groups in total. The summed E-state index contributed by atoms with van der Waals surface area (Å²) in [4.78, 5) is 61.5. The topological polar surface area (TPSA) is 98.5 Å². The fourth-order valence-corrected chi connectivity index (χ4v) is 3.75. The first-order chi connectivity index (χ1) is 14.7. The molecule has 0 aromatic carbocycles. The molecule has 4 amide bonds. The molecule has 2 aliphatic rings. The number of imide groups is 2. The van der Waals surface area contributed by atoms with E-state index >= 15 is 0 Å². The van der Waals surface area contributed by atoms with Crippen LogP contribution in [0.4, 0.5) is 10.6 Å². The molecule has 0 radical (unpaired) electrons. The Morgan fingerprint density at radius 1 is 0.903 bits per heavy atom. The Bertz CT molecular complexity index is 1170. The van der Waals surface area contributed by atoms with E-state index in [1.54, 1.807) is 12.3 Å². The minimum absolute atomic E-state index is 0.153. The largest absolute Gasteiger partial charge is 0.353 e. The van der Waals surface area contributed by atoms with Crippen molar-refractivity contribution in [1.29, 1.82) is 0 Å². The molecule has 0 unspecified atom stereocenters. The standard InChI is InChI=1S/C21H24N6O4/c1-13-5-6-16-22-17(26-9-7-23(2)8-10-26)14(20(30)27(16)12-13)11-15-18(28)24(3)21(31)25(4)19(15)29/h5-6,11-12H,7-10H2,1-4H3. The van der Waals surface area contributed by atoms with E-state index in [0.717, 1.165) is 28.5 Å². The third kappa shape index (κ3) is 3.48. The number of hydrogen-bond donors (Lipinski definition) is 0. The number of anilines is 1. The van der Waals surface area contributed by atoms with Gasteiger partial charge in [-0.3, -0.25) is 28.6 Å².